The molecular weight excluding hydrogens is 186 g/mol. The molecule has 0 spiro atoms. The number of hydrogen-bond donors (Lipinski definition) is 0. The van der Waals surface area contributed by atoms with Crippen molar-refractivity contribution in [2.75, 3.05) is 0 Å². The molecule has 0 heterocycles. The van der Waals surface area contributed by atoms with Gasteiger partial charge in [-0.2, -0.15) is 15.8 Å². The van der Waals surface area contributed by atoms with E-state index >= 15 is 0 Å². The molecule has 0 N–H and O–H groups in total. The lowest BCUT2D eigenvalue weighted by Crippen LogP contribution is -2.17. The summed E-state index contributed by atoms with van der Waals surface area (Å²) >= 11 is 0. The molecule has 15 heavy (non-hydrogen) atoms. The van der Waals surface area contributed by atoms with Gasteiger partial charge in [-0.05, 0) is 24.8 Å². The van der Waals surface area contributed by atoms with Gasteiger partial charge in [-0.25, -0.2) is 0 Å². The van der Waals surface area contributed by atoms with Crippen molar-refractivity contribution in [3.05, 3.63) is 22.8 Å². The summed E-state index contributed by atoms with van der Waals surface area (Å²) in [6.07, 6.45) is 2.60. The third-order valence-electron chi connectivity index (χ3n) is 2.60. The van der Waals surface area contributed by atoms with Crippen molar-refractivity contribution in [1.29, 1.82) is 15.8 Å². The first-order valence-corrected chi connectivity index (χ1v) is 4.74. The van der Waals surface area contributed by atoms with Crippen LogP contribution in [0.1, 0.15) is 20.3 Å². The highest BCUT2D eigenvalue weighted by Gasteiger charge is 2.27. The fourth-order valence-electron chi connectivity index (χ4n) is 1.94. The van der Waals surface area contributed by atoms with Crippen LogP contribution in [0.3, 0.4) is 0 Å². The Morgan fingerprint density at radius 1 is 1.33 bits per heavy atom. The second-order valence-electron chi connectivity index (χ2n) is 3.78. The summed E-state index contributed by atoms with van der Waals surface area (Å²) in [6.45, 7) is 3.89. The minimum absolute atomic E-state index is 0.0791. The predicted octanol–water partition coefficient (Wildman–Crippen LogP) is 2.46. The molecule has 0 bridgehead atoms. The topological polar surface area (TPSA) is 71.4 Å². The van der Waals surface area contributed by atoms with E-state index in [1.807, 2.05) is 32.1 Å². The van der Waals surface area contributed by atoms with Crippen LogP contribution in [0.15, 0.2) is 22.8 Å². The van der Waals surface area contributed by atoms with E-state index in [2.05, 4.69) is 6.07 Å². The van der Waals surface area contributed by atoms with E-state index in [-0.39, 0.29) is 17.4 Å². The highest BCUT2D eigenvalue weighted by Crippen LogP contribution is 2.34. The maximum Gasteiger partial charge on any atom is 0.130 e. The van der Waals surface area contributed by atoms with E-state index in [0.29, 0.717) is 12.0 Å². The number of nitriles is 3. The van der Waals surface area contributed by atoms with Crippen molar-refractivity contribution in [1.82, 2.24) is 0 Å². The highest BCUT2D eigenvalue weighted by atomic mass is 14.4. The molecule has 1 aliphatic carbocycles. The van der Waals surface area contributed by atoms with Gasteiger partial charge in [0, 0.05) is 0 Å². The third kappa shape index (κ3) is 2.06. The summed E-state index contributed by atoms with van der Waals surface area (Å²) in [5.74, 6) is -0.251. The van der Waals surface area contributed by atoms with E-state index < -0.39 is 0 Å². The van der Waals surface area contributed by atoms with Crippen molar-refractivity contribution in [3.8, 4) is 18.2 Å². The van der Waals surface area contributed by atoms with Crippen LogP contribution in [0.2, 0.25) is 0 Å². The smallest absolute Gasteiger partial charge is 0.130 e. The van der Waals surface area contributed by atoms with E-state index in [0.717, 1.165) is 5.57 Å². The van der Waals surface area contributed by atoms with Gasteiger partial charge in [-0.3, -0.25) is 0 Å². The van der Waals surface area contributed by atoms with Gasteiger partial charge in [0.1, 0.15) is 17.7 Å². The van der Waals surface area contributed by atoms with Crippen LogP contribution in [0.4, 0.5) is 0 Å². The number of nitrogens with zero attached hydrogens (tertiary/aromatic N) is 3. The highest BCUT2D eigenvalue weighted by molar-refractivity contribution is 5.46. The fraction of sp³-hybridized carbons (Fsp3) is 0.417. The quantitative estimate of drug-likeness (QED) is 0.442. The molecule has 2 atom stereocenters. The second-order valence-corrected chi connectivity index (χ2v) is 3.78. The Morgan fingerprint density at radius 3 is 2.40 bits per heavy atom. The molecule has 1 aliphatic rings. The number of hydrogen-bond acceptors (Lipinski definition) is 3. The van der Waals surface area contributed by atoms with Gasteiger partial charge < -0.3 is 0 Å². The Labute approximate surface area is 89.5 Å². The summed E-state index contributed by atoms with van der Waals surface area (Å²) in [6, 6.07) is 5.90. The van der Waals surface area contributed by atoms with Crippen LogP contribution >= 0.6 is 0 Å². The van der Waals surface area contributed by atoms with Gasteiger partial charge in [-0.15, -0.1) is 0 Å². The minimum atomic E-state index is -0.331. The molecule has 0 saturated heterocycles. The number of allylic oxidation sites excluding steroid dienone is 4. The van der Waals surface area contributed by atoms with E-state index in [4.69, 9.17) is 15.8 Å². The first kappa shape index (κ1) is 11.0. The predicted molar refractivity (Wildman–Crippen MR) is 54.9 cm³/mol. The maximum atomic E-state index is 9.03. The summed E-state index contributed by atoms with van der Waals surface area (Å²) in [5, 5.41) is 26.6. The lowest BCUT2D eigenvalue weighted by Gasteiger charge is -2.24. The van der Waals surface area contributed by atoms with Gasteiger partial charge in [0.2, 0.25) is 0 Å². The van der Waals surface area contributed by atoms with Gasteiger partial charge in [0.05, 0.1) is 12.0 Å². The maximum absolute atomic E-state index is 9.03. The Bertz CT molecular complexity index is 433. The minimum Gasteiger partial charge on any atom is -0.198 e. The molecule has 0 aliphatic heterocycles. The lowest BCUT2D eigenvalue weighted by molar-refractivity contribution is 0.554. The summed E-state index contributed by atoms with van der Waals surface area (Å²) < 4.78 is 0. The molecule has 0 aromatic heterocycles. The average molecular weight is 197 g/mol. The van der Waals surface area contributed by atoms with Crippen LogP contribution in [0.5, 0.6) is 0 Å². The molecule has 0 radical (unpaired) electrons. The zero-order chi connectivity index (χ0) is 11.4. The van der Waals surface area contributed by atoms with E-state index in [1.54, 1.807) is 0 Å². The fourth-order valence-corrected chi connectivity index (χ4v) is 1.94. The van der Waals surface area contributed by atoms with Crippen LogP contribution in [0, 0.1) is 45.8 Å². The molecule has 1 rings (SSSR count). The second kappa shape index (κ2) is 4.45. The van der Waals surface area contributed by atoms with Crippen molar-refractivity contribution in [2.45, 2.75) is 20.3 Å². The largest absolute Gasteiger partial charge is 0.198 e. The lowest BCUT2D eigenvalue weighted by atomic mass is 9.77. The van der Waals surface area contributed by atoms with E-state index in [1.165, 1.54) is 0 Å². The molecule has 0 aromatic rings. The molecule has 3 nitrogen and oxygen atoms in total. The normalized spacial score (nSPS) is 24.5. The first-order valence-electron chi connectivity index (χ1n) is 4.74. The van der Waals surface area contributed by atoms with Crippen LogP contribution in [-0.4, -0.2) is 0 Å². The van der Waals surface area contributed by atoms with E-state index in [9.17, 15) is 0 Å². The molecule has 74 valence electrons. The number of rotatable bonds is 0. The Kier molecular flexibility index (Phi) is 3.27. The average Bonchev–Trinajstić information content (AvgIpc) is 2.19. The third-order valence-corrected chi connectivity index (χ3v) is 2.60. The zero-order valence-electron chi connectivity index (χ0n) is 8.78. The molecule has 0 saturated carbocycles. The molecule has 0 aromatic carbocycles. The SMILES string of the molecule is CC1=CC(C)C(C#N)C(=C(C#N)C#N)C1. The van der Waals surface area contributed by atoms with Crippen LogP contribution < -0.4 is 0 Å². The van der Waals surface area contributed by atoms with Gasteiger partial charge in [0.25, 0.3) is 0 Å². The summed E-state index contributed by atoms with van der Waals surface area (Å²) in [5.41, 5.74) is 1.89. The first-order chi connectivity index (χ1) is 7.13. The van der Waals surface area contributed by atoms with Gasteiger partial charge in [-0.1, -0.05) is 18.6 Å². The molecular formula is C12H11N3. The standard InChI is InChI=1S/C12H11N3/c1-8-3-9(2)12(7-15)11(4-8)10(5-13)6-14/h3,9,12H,4H2,1-2H3. The van der Waals surface area contributed by atoms with Crippen molar-refractivity contribution in [2.24, 2.45) is 11.8 Å². The molecule has 0 amide bonds. The van der Waals surface area contributed by atoms with Crippen molar-refractivity contribution < 1.29 is 0 Å². The van der Waals surface area contributed by atoms with Gasteiger partial charge >= 0.3 is 0 Å². The monoisotopic (exact) mass is 197 g/mol. The Balaban J connectivity index is 3.28. The van der Waals surface area contributed by atoms with Crippen molar-refractivity contribution >= 4 is 0 Å². The summed E-state index contributed by atoms with van der Waals surface area (Å²) in [7, 11) is 0. The Morgan fingerprint density at radius 2 is 1.93 bits per heavy atom. The zero-order valence-corrected chi connectivity index (χ0v) is 8.78. The molecule has 0 fully saturated rings. The van der Waals surface area contributed by atoms with Gasteiger partial charge in [0.15, 0.2) is 0 Å². The summed E-state index contributed by atoms with van der Waals surface area (Å²) in [4.78, 5) is 0. The van der Waals surface area contributed by atoms with Crippen molar-refractivity contribution in [3.63, 3.8) is 0 Å². The molecule has 3 heteroatoms. The Hall–Kier alpha value is -2.05. The van der Waals surface area contributed by atoms with Crippen LogP contribution in [-0.2, 0) is 0 Å². The van der Waals surface area contributed by atoms with Crippen LogP contribution in [0.25, 0.3) is 0 Å². The molecule has 2 unspecified atom stereocenters.